The lowest BCUT2D eigenvalue weighted by Gasteiger charge is -2.37. The van der Waals surface area contributed by atoms with E-state index in [1.165, 1.54) is 29.0 Å². The van der Waals surface area contributed by atoms with Gasteiger partial charge in [0.1, 0.15) is 18.2 Å². The Labute approximate surface area is 229 Å². The second kappa shape index (κ2) is 10.8. The normalized spacial score (nSPS) is 21.7. The van der Waals surface area contributed by atoms with Crippen LogP contribution in [0.15, 0.2) is 49.1 Å². The van der Waals surface area contributed by atoms with Gasteiger partial charge in [0.2, 0.25) is 5.91 Å². The Hall–Kier alpha value is -3.65. The maximum Gasteiger partial charge on any atom is 0.318 e. The molecule has 204 valence electrons. The molecule has 0 bridgehead atoms. The van der Waals surface area contributed by atoms with Gasteiger partial charge >= 0.3 is 6.01 Å². The van der Waals surface area contributed by atoms with E-state index in [2.05, 4.69) is 41.6 Å². The van der Waals surface area contributed by atoms with E-state index >= 15 is 0 Å². The average Bonchev–Trinajstić information content (AvgIpc) is 3.38. The number of hydrogen-bond acceptors (Lipinski definition) is 7. The third-order valence-electron chi connectivity index (χ3n) is 8.69. The van der Waals surface area contributed by atoms with E-state index in [-0.39, 0.29) is 11.8 Å². The van der Waals surface area contributed by atoms with E-state index in [0.717, 1.165) is 49.1 Å². The summed E-state index contributed by atoms with van der Waals surface area (Å²) in [6.45, 7) is 8.03. The van der Waals surface area contributed by atoms with Crippen molar-refractivity contribution in [1.29, 1.82) is 0 Å². The summed E-state index contributed by atoms with van der Waals surface area (Å²) in [5.74, 6) is 1.47. The van der Waals surface area contributed by atoms with Crippen molar-refractivity contribution in [1.82, 2.24) is 19.8 Å². The molecule has 2 aliphatic heterocycles. The zero-order valence-corrected chi connectivity index (χ0v) is 22.7. The Bertz CT molecular complexity index is 1380. The number of likely N-dealkylation sites (N-methyl/N-ethyl adjacent to an activating group) is 1. The summed E-state index contributed by atoms with van der Waals surface area (Å²) in [5.41, 5.74) is 3.38. The monoisotopic (exact) mass is 527 g/mol. The molecule has 8 nitrogen and oxygen atoms in total. The molecule has 1 aliphatic carbocycles. The number of aromatic nitrogens is 2. The molecular formula is C31H37N5O3. The van der Waals surface area contributed by atoms with E-state index in [9.17, 15) is 9.90 Å². The van der Waals surface area contributed by atoms with Crippen molar-refractivity contribution in [3.63, 3.8) is 0 Å². The Morgan fingerprint density at radius 1 is 1.13 bits per heavy atom. The molecule has 0 spiro atoms. The van der Waals surface area contributed by atoms with Crippen molar-refractivity contribution in [3.8, 4) is 11.8 Å². The van der Waals surface area contributed by atoms with Crippen molar-refractivity contribution in [3.05, 3.63) is 65.9 Å². The van der Waals surface area contributed by atoms with E-state index in [1.807, 2.05) is 23.1 Å². The summed E-state index contributed by atoms with van der Waals surface area (Å²) < 4.78 is 6.26. The summed E-state index contributed by atoms with van der Waals surface area (Å²) in [4.78, 5) is 28.5. The fourth-order valence-electron chi connectivity index (χ4n) is 6.46. The number of rotatable bonds is 6. The number of hydrogen-bond donors (Lipinski definition) is 1. The predicted molar refractivity (Wildman–Crippen MR) is 153 cm³/mol. The van der Waals surface area contributed by atoms with Crippen LogP contribution in [0.25, 0.3) is 10.8 Å². The first-order chi connectivity index (χ1) is 19.0. The first kappa shape index (κ1) is 25.6. The lowest BCUT2D eigenvalue weighted by atomic mass is 9.80. The Morgan fingerprint density at radius 2 is 1.95 bits per heavy atom. The molecule has 2 saturated heterocycles. The third-order valence-corrected chi connectivity index (χ3v) is 8.69. The summed E-state index contributed by atoms with van der Waals surface area (Å²) >= 11 is 0. The van der Waals surface area contributed by atoms with Crippen LogP contribution in [-0.2, 0) is 17.6 Å². The first-order valence-electron chi connectivity index (χ1n) is 14.1. The molecular weight excluding hydrogens is 490 g/mol. The number of piperazine rings is 1. The number of benzene rings is 2. The number of carbonyl (C=O) groups is 1. The molecule has 2 atom stereocenters. The number of carbonyl (C=O) groups excluding carboxylic acids is 1. The quantitative estimate of drug-likeness (QED) is 0.487. The lowest BCUT2D eigenvalue weighted by molar-refractivity contribution is -0.126. The van der Waals surface area contributed by atoms with Crippen LogP contribution in [-0.4, -0.2) is 83.2 Å². The van der Waals surface area contributed by atoms with Crippen LogP contribution in [0.4, 0.5) is 5.82 Å². The van der Waals surface area contributed by atoms with E-state index in [0.29, 0.717) is 50.6 Å². The van der Waals surface area contributed by atoms with Crippen molar-refractivity contribution in [2.75, 3.05) is 51.3 Å². The Morgan fingerprint density at radius 3 is 2.72 bits per heavy atom. The number of ether oxygens (including phenoxy) is 1. The molecule has 3 heterocycles. The smallest absolute Gasteiger partial charge is 0.318 e. The Kier molecular flexibility index (Phi) is 7.12. The topological polar surface area (TPSA) is 82.0 Å². The van der Waals surface area contributed by atoms with Gasteiger partial charge in [0.25, 0.3) is 0 Å². The van der Waals surface area contributed by atoms with Gasteiger partial charge in [-0.05, 0) is 86.2 Å². The number of anilines is 1. The second-order valence-electron chi connectivity index (χ2n) is 11.1. The number of aromatic hydroxyl groups is 1. The number of phenolic OH excluding ortho intramolecular Hbond substituents is 1. The second-order valence-corrected chi connectivity index (χ2v) is 11.1. The molecule has 3 aromatic rings. The SMILES string of the molecule is C=CC(=O)N1CCN(c2nc(OC[C@@H]3CCCN3C)nc3c2CCC(c2cc(O)cc4ccccc24)C3)CC1. The molecule has 1 amide bonds. The maximum absolute atomic E-state index is 12.1. The van der Waals surface area contributed by atoms with Crippen molar-refractivity contribution >= 4 is 22.5 Å². The number of likely N-dealkylation sites (tertiary alicyclic amines) is 1. The highest BCUT2D eigenvalue weighted by Gasteiger charge is 2.31. The van der Waals surface area contributed by atoms with Gasteiger partial charge < -0.3 is 24.5 Å². The molecule has 2 aromatic carbocycles. The van der Waals surface area contributed by atoms with Crippen LogP contribution in [0.5, 0.6) is 11.8 Å². The lowest BCUT2D eigenvalue weighted by Crippen LogP contribution is -2.49. The minimum atomic E-state index is -0.0229. The molecule has 0 radical (unpaired) electrons. The van der Waals surface area contributed by atoms with Crippen molar-refractivity contribution in [2.24, 2.45) is 0 Å². The van der Waals surface area contributed by atoms with Gasteiger partial charge in [0, 0.05) is 37.8 Å². The molecule has 1 N–H and O–H groups in total. The fraction of sp³-hybridized carbons (Fsp3) is 0.452. The van der Waals surface area contributed by atoms with Crippen LogP contribution < -0.4 is 9.64 Å². The van der Waals surface area contributed by atoms with Gasteiger partial charge in [-0.1, -0.05) is 30.8 Å². The van der Waals surface area contributed by atoms with Gasteiger partial charge in [-0.3, -0.25) is 4.79 Å². The number of phenols is 1. The van der Waals surface area contributed by atoms with Gasteiger partial charge in [-0.2, -0.15) is 9.97 Å². The molecule has 39 heavy (non-hydrogen) atoms. The van der Waals surface area contributed by atoms with E-state index in [1.54, 1.807) is 0 Å². The van der Waals surface area contributed by atoms with Crippen LogP contribution in [0.3, 0.4) is 0 Å². The number of nitrogens with zero attached hydrogens (tertiary/aromatic N) is 5. The van der Waals surface area contributed by atoms with E-state index < -0.39 is 0 Å². The highest BCUT2D eigenvalue weighted by Crippen LogP contribution is 2.40. The van der Waals surface area contributed by atoms with Gasteiger partial charge in [0.05, 0.1) is 5.69 Å². The summed E-state index contributed by atoms with van der Waals surface area (Å²) in [6.07, 6.45) is 6.29. The van der Waals surface area contributed by atoms with Crippen LogP contribution in [0, 0.1) is 0 Å². The zero-order chi connectivity index (χ0) is 26.9. The summed E-state index contributed by atoms with van der Waals surface area (Å²) in [6, 6.07) is 12.8. The minimum absolute atomic E-state index is 0.0229. The zero-order valence-electron chi connectivity index (χ0n) is 22.7. The average molecular weight is 528 g/mol. The molecule has 0 saturated carbocycles. The minimum Gasteiger partial charge on any atom is -0.508 e. The first-order valence-corrected chi connectivity index (χ1v) is 14.1. The standard InChI is InChI=1S/C31H37N5O3/c1-3-29(38)35-13-15-36(16-14-35)30-26-11-10-22(27-19-24(37)17-21-7-4-5-9-25(21)27)18-28(26)32-31(33-30)39-20-23-8-6-12-34(23)2/h3-5,7,9,17,19,22-23,37H,1,6,8,10-16,18,20H2,2H3/t22?,23-/m0/s1. The van der Waals surface area contributed by atoms with Gasteiger partial charge in [-0.25, -0.2) is 0 Å². The van der Waals surface area contributed by atoms with Crippen molar-refractivity contribution in [2.45, 2.75) is 44.1 Å². The summed E-state index contributed by atoms with van der Waals surface area (Å²) in [5, 5.41) is 12.7. The van der Waals surface area contributed by atoms with E-state index in [4.69, 9.17) is 14.7 Å². The van der Waals surface area contributed by atoms with Crippen LogP contribution in [0.1, 0.15) is 42.0 Å². The Balaban J connectivity index is 1.31. The van der Waals surface area contributed by atoms with Gasteiger partial charge in [-0.15, -0.1) is 0 Å². The summed E-state index contributed by atoms with van der Waals surface area (Å²) in [7, 11) is 2.15. The molecule has 1 unspecified atom stereocenters. The van der Waals surface area contributed by atoms with Crippen molar-refractivity contribution < 1.29 is 14.6 Å². The molecule has 2 fully saturated rings. The molecule has 6 rings (SSSR count). The predicted octanol–water partition coefficient (Wildman–Crippen LogP) is 3.92. The van der Waals surface area contributed by atoms with Gasteiger partial charge in [0.15, 0.2) is 0 Å². The highest BCUT2D eigenvalue weighted by atomic mass is 16.5. The number of amides is 1. The maximum atomic E-state index is 12.1. The molecule has 8 heteroatoms. The van der Waals surface area contributed by atoms with Crippen LogP contribution >= 0.6 is 0 Å². The number of fused-ring (bicyclic) bond motifs is 2. The molecule has 1 aromatic heterocycles. The third kappa shape index (κ3) is 5.17. The highest BCUT2D eigenvalue weighted by molar-refractivity contribution is 5.88. The largest absolute Gasteiger partial charge is 0.508 e. The fourth-order valence-corrected chi connectivity index (χ4v) is 6.46. The molecule has 3 aliphatic rings. The van der Waals surface area contributed by atoms with Crippen LogP contribution in [0.2, 0.25) is 0 Å².